The SMILES string of the molecule is CCN1CCCC(c2nnc3c(O)cccn23)C1. The van der Waals surface area contributed by atoms with Gasteiger partial charge in [-0.05, 0) is 38.1 Å². The Hall–Kier alpha value is -1.62. The van der Waals surface area contributed by atoms with E-state index in [2.05, 4.69) is 22.0 Å². The van der Waals surface area contributed by atoms with Gasteiger partial charge in [0.2, 0.25) is 5.65 Å². The molecule has 1 fully saturated rings. The second-order valence-corrected chi connectivity index (χ2v) is 4.88. The molecule has 0 radical (unpaired) electrons. The Kier molecular flexibility index (Phi) is 2.91. The smallest absolute Gasteiger partial charge is 0.203 e. The van der Waals surface area contributed by atoms with Crippen molar-refractivity contribution in [2.24, 2.45) is 0 Å². The number of hydrogen-bond donors (Lipinski definition) is 1. The number of piperidine rings is 1. The normalized spacial score (nSPS) is 21.5. The maximum absolute atomic E-state index is 9.75. The van der Waals surface area contributed by atoms with Gasteiger partial charge in [0.05, 0.1) is 0 Å². The summed E-state index contributed by atoms with van der Waals surface area (Å²) in [6.45, 7) is 5.48. The summed E-state index contributed by atoms with van der Waals surface area (Å²) >= 11 is 0. The fraction of sp³-hybridized carbons (Fsp3) is 0.538. The molecule has 3 rings (SSSR count). The Bertz CT molecular complexity index is 551. The lowest BCUT2D eigenvalue weighted by atomic mass is 9.97. The average Bonchev–Trinajstić information content (AvgIpc) is 2.84. The Labute approximate surface area is 106 Å². The number of rotatable bonds is 2. The predicted molar refractivity (Wildman–Crippen MR) is 68.7 cm³/mol. The molecule has 0 spiro atoms. The number of nitrogens with zero attached hydrogens (tertiary/aromatic N) is 4. The van der Waals surface area contributed by atoms with E-state index in [4.69, 9.17) is 0 Å². The number of fused-ring (bicyclic) bond motifs is 1. The second-order valence-electron chi connectivity index (χ2n) is 4.88. The summed E-state index contributed by atoms with van der Waals surface area (Å²) in [5.74, 6) is 1.58. The van der Waals surface area contributed by atoms with Crippen LogP contribution in [0.25, 0.3) is 5.65 Å². The minimum absolute atomic E-state index is 0.194. The number of hydrogen-bond acceptors (Lipinski definition) is 4. The van der Waals surface area contributed by atoms with Crippen molar-refractivity contribution in [3.8, 4) is 5.75 Å². The maximum Gasteiger partial charge on any atom is 0.203 e. The van der Waals surface area contributed by atoms with Gasteiger partial charge in [-0.1, -0.05) is 6.92 Å². The minimum atomic E-state index is 0.194. The van der Waals surface area contributed by atoms with E-state index in [0.29, 0.717) is 11.6 Å². The summed E-state index contributed by atoms with van der Waals surface area (Å²) in [4.78, 5) is 2.44. The Morgan fingerprint density at radius 2 is 2.33 bits per heavy atom. The summed E-state index contributed by atoms with van der Waals surface area (Å²) < 4.78 is 1.92. The molecule has 0 aromatic carbocycles. The van der Waals surface area contributed by atoms with Gasteiger partial charge in [0.1, 0.15) is 5.82 Å². The number of pyridine rings is 1. The van der Waals surface area contributed by atoms with Crippen LogP contribution in [0.5, 0.6) is 5.75 Å². The standard InChI is InChI=1S/C13H18N4O/c1-2-16-7-3-5-10(9-16)12-14-15-13-11(18)6-4-8-17(12)13/h4,6,8,10,18H,2-3,5,7,9H2,1H3. The topological polar surface area (TPSA) is 53.7 Å². The fourth-order valence-corrected chi connectivity index (χ4v) is 2.75. The molecule has 18 heavy (non-hydrogen) atoms. The lowest BCUT2D eigenvalue weighted by Crippen LogP contribution is -2.34. The molecular formula is C13H18N4O. The van der Waals surface area contributed by atoms with Crippen LogP contribution >= 0.6 is 0 Å². The highest BCUT2D eigenvalue weighted by Gasteiger charge is 2.24. The van der Waals surface area contributed by atoms with Crippen molar-refractivity contribution in [3.63, 3.8) is 0 Å². The molecule has 2 aromatic heterocycles. The Morgan fingerprint density at radius 1 is 1.44 bits per heavy atom. The first-order chi connectivity index (χ1) is 8.79. The van der Waals surface area contributed by atoms with Crippen LogP contribution in [0.3, 0.4) is 0 Å². The number of likely N-dealkylation sites (tertiary alicyclic amines) is 1. The molecule has 1 atom stereocenters. The fourth-order valence-electron chi connectivity index (χ4n) is 2.75. The van der Waals surface area contributed by atoms with Crippen LogP contribution in [-0.4, -0.2) is 44.2 Å². The van der Waals surface area contributed by atoms with Gasteiger partial charge in [-0.25, -0.2) is 0 Å². The summed E-state index contributed by atoms with van der Waals surface area (Å²) in [6.07, 6.45) is 4.27. The van der Waals surface area contributed by atoms with Crippen LogP contribution < -0.4 is 0 Å². The van der Waals surface area contributed by atoms with Crippen LogP contribution in [0.2, 0.25) is 0 Å². The van der Waals surface area contributed by atoms with Gasteiger partial charge in [-0.15, -0.1) is 10.2 Å². The Balaban J connectivity index is 1.96. The zero-order valence-electron chi connectivity index (χ0n) is 10.6. The molecule has 1 N–H and O–H groups in total. The van der Waals surface area contributed by atoms with E-state index in [1.54, 1.807) is 6.07 Å². The highest BCUT2D eigenvalue weighted by atomic mass is 16.3. The van der Waals surface area contributed by atoms with Gasteiger partial charge in [0.25, 0.3) is 0 Å². The van der Waals surface area contributed by atoms with Crippen molar-refractivity contribution in [2.45, 2.75) is 25.7 Å². The quantitative estimate of drug-likeness (QED) is 0.875. The highest BCUT2D eigenvalue weighted by molar-refractivity contribution is 5.52. The monoisotopic (exact) mass is 246 g/mol. The molecule has 0 saturated carbocycles. The predicted octanol–water partition coefficient (Wildman–Crippen LogP) is 1.63. The first-order valence-corrected chi connectivity index (χ1v) is 6.54. The van der Waals surface area contributed by atoms with E-state index >= 15 is 0 Å². The van der Waals surface area contributed by atoms with Gasteiger partial charge >= 0.3 is 0 Å². The van der Waals surface area contributed by atoms with Crippen LogP contribution in [-0.2, 0) is 0 Å². The molecule has 3 heterocycles. The average molecular weight is 246 g/mol. The summed E-state index contributed by atoms with van der Waals surface area (Å²) in [5, 5.41) is 18.1. The number of aromatic nitrogens is 3. The minimum Gasteiger partial charge on any atom is -0.504 e. The van der Waals surface area contributed by atoms with Crippen LogP contribution in [0.4, 0.5) is 0 Å². The number of aromatic hydroxyl groups is 1. The molecule has 0 bridgehead atoms. The van der Waals surface area contributed by atoms with Crippen molar-refractivity contribution in [2.75, 3.05) is 19.6 Å². The molecule has 5 heteroatoms. The van der Waals surface area contributed by atoms with E-state index in [1.807, 2.05) is 16.7 Å². The van der Waals surface area contributed by atoms with Crippen molar-refractivity contribution < 1.29 is 5.11 Å². The van der Waals surface area contributed by atoms with Crippen molar-refractivity contribution >= 4 is 5.65 Å². The van der Waals surface area contributed by atoms with E-state index in [9.17, 15) is 5.11 Å². The van der Waals surface area contributed by atoms with E-state index in [1.165, 1.54) is 13.0 Å². The molecule has 96 valence electrons. The highest BCUT2D eigenvalue weighted by Crippen LogP contribution is 2.27. The molecule has 1 aliphatic heterocycles. The third-order valence-electron chi connectivity index (χ3n) is 3.76. The third kappa shape index (κ3) is 1.84. The summed E-state index contributed by atoms with van der Waals surface area (Å²) in [6, 6.07) is 3.47. The van der Waals surface area contributed by atoms with Gasteiger partial charge < -0.3 is 10.0 Å². The summed E-state index contributed by atoms with van der Waals surface area (Å²) in [7, 11) is 0. The number of likely N-dealkylation sites (N-methyl/N-ethyl adjacent to an activating group) is 1. The lowest BCUT2D eigenvalue weighted by molar-refractivity contribution is 0.213. The second kappa shape index (κ2) is 4.57. The third-order valence-corrected chi connectivity index (χ3v) is 3.76. The van der Waals surface area contributed by atoms with Crippen LogP contribution in [0.15, 0.2) is 18.3 Å². The van der Waals surface area contributed by atoms with Crippen molar-refractivity contribution in [3.05, 3.63) is 24.2 Å². The molecule has 0 amide bonds. The maximum atomic E-state index is 9.75. The van der Waals surface area contributed by atoms with Gasteiger partial charge in [0, 0.05) is 18.7 Å². The molecular weight excluding hydrogens is 228 g/mol. The van der Waals surface area contributed by atoms with Crippen molar-refractivity contribution in [1.82, 2.24) is 19.5 Å². The zero-order valence-corrected chi connectivity index (χ0v) is 10.6. The lowest BCUT2D eigenvalue weighted by Gasteiger charge is -2.30. The van der Waals surface area contributed by atoms with Crippen molar-refractivity contribution in [1.29, 1.82) is 0 Å². The largest absolute Gasteiger partial charge is 0.504 e. The van der Waals surface area contributed by atoms with E-state index in [0.717, 1.165) is 25.3 Å². The molecule has 1 aliphatic rings. The first-order valence-electron chi connectivity index (χ1n) is 6.54. The van der Waals surface area contributed by atoms with E-state index < -0.39 is 0 Å². The van der Waals surface area contributed by atoms with Crippen LogP contribution in [0.1, 0.15) is 31.5 Å². The Morgan fingerprint density at radius 3 is 3.17 bits per heavy atom. The molecule has 5 nitrogen and oxygen atoms in total. The first kappa shape index (κ1) is 11.5. The van der Waals surface area contributed by atoms with Crippen LogP contribution in [0, 0.1) is 0 Å². The van der Waals surface area contributed by atoms with Gasteiger partial charge in [-0.2, -0.15) is 0 Å². The molecule has 1 unspecified atom stereocenters. The summed E-state index contributed by atoms with van der Waals surface area (Å²) in [5.41, 5.74) is 0.557. The van der Waals surface area contributed by atoms with E-state index in [-0.39, 0.29) is 5.75 Å². The van der Waals surface area contributed by atoms with Gasteiger partial charge in [-0.3, -0.25) is 4.40 Å². The molecule has 0 aliphatic carbocycles. The van der Waals surface area contributed by atoms with Gasteiger partial charge in [0.15, 0.2) is 5.75 Å². The molecule has 1 saturated heterocycles. The molecule has 2 aromatic rings. The zero-order chi connectivity index (χ0) is 12.5.